The van der Waals surface area contributed by atoms with Gasteiger partial charge in [0.05, 0.1) is 5.56 Å². The first-order valence-corrected chi connectivity index (χ1v) is 7.29. The number of rotatable bonds is 5. The molecule has 0 aliphatic carbocycles. The molecule has 1 amide bonds. The fraction of sp³-hybridized carbons (Fsp3) is 0.235. The lowest BCUT2D eigenvalue weighted by molar-refractivity contribution is 0.0955. The van der Waals surface area contributed by atoms with Gasteiger partial charge < -0.3 is 10.6 Å². The summed E-state index contributed by atoms with van der Waals surface area (Å²) in [5, 5.41) is 6.49. The van der Waals surface area contributed by atoms with Crippen molar-refractivity contribution in [2.45, 2.75) is 13.3 Å². The van der Waals surface area contributed by atoms with Crippen molar-refractivity contribution in [2.24, 2.45) is 0 Å². The molecule has 0 fully saturated rings. The van der Waals surface area contributed by atoms with Crippen LogP contribution >= 0.6 is 11.6 Å². The fourth-order valence-corrected chi connectivity index (χ4v) is 2.39. The third-order valence-electron chi connectivity index (χ3n) is 3.44. The van der Waals surface area contributed by atoms with Gasteiger partial charge in [-0.1, -0.05) is 35.9 Å². The lowest BCUT2D eigenvalue weighted by atomic mass is 10.1. The Morgan fingerprint density at radius 2 is 1.95 bits per heavy atom. The van der Waals surface area contributed by atoms with Crippen molar-refractivity contribution in [3.8, 4) is 0 Å². The van der Waals surface area contributed by atoms with Crippen molar-refractivity contribution < 1.29 is 4.79 Å². The molecule has 0 atom stereocenters. The molecular weight excluding hydrogens is 284 g/mol. The number of hydrogen-bond acceptors (Lipinski definition) is 2. The molecule has 21 heavy (non-hydrogen) atoms. The summed E-state index contributed by atoms with van der Waals surface area (Å²) in [5.74, 6) is -0.115. The van der Waals surface area contributed by atoms with Crippen LogP contribution in [0, 0.1) is 6.92 Å². The number of hydrogen-bond donors (Lipinski definition) is 2. The van der Waals surface area contributed by atoms with Gasteiger partial charge in [0.15, 0.2) is 0 Å². The zero-order chi connectivity index (χ0) is 15.2. The minimum atomic E-state index is -0.115. The molecule has 0 heterocycles. The second-order valence-corrected chi connectivity index (χ2v) is 5.31. The summed E-state index contributed by atoms with van der Waals surface area (Å²) in [6, 6.07) is 13.4. The molecule has 0 unspecified atom stereocenters. The summed E-state index contributed by atoms with van der Waals surface area (Å²) in [5.41, 5.74) is 3.82. The molecule has 0 saturated heterocycles. The maximum absolute atomic E-state index is 12.2. The maximum atomic E-state index is 12.2. The zero-order valence-electron chi connectivity index (χ0n) is 12.2. The van der Waals surface area contributed by atoms with Gasteiger partial charge in [-0.05, 0) is 42.7 Å². The van der Waals surface area contributed by atoms with Crippen LogP contribution in [0.2, 0.25) is 5.02 Å². The SMILES string of the molecule is CNc1ccc(Cl)cc1C(=O)NCCc1ccccc1C. The van der Waals surface area contributed by atoms with Crippen molar-refractivity contribution in [1.29, 1.82) is 0 Å². The molecule has 110 valence electrons. The summed E-state index contributed by atoms with van der Waals surface area (Å²) in [6.45, 7) is 2.67. The standard InChI is InChI=1S/C17H19ClN2O/c1-12-5-3-4-6-13(12)9-10-20-17(21)15-11-14(18)7-8-16(15)19-2/h3-8,11,19H,9-10H2,1-2H3,(H,20,21). The topological polar surface area (TPSA) is 41.1 Å². The van der Waals surface area contributed by atoms with E-state index in [-0.39, 0.29) is 5.91 Å². The molecule has 0 bridgehead atoms. The van der Waals surface area contributed by atoms with E-state index in [1.165, 1.54) is 11.1 Å². The van der Waals surface area contributed by atoms with E-state index in [0.717, 1.165) is 12.1 Å². The molecule has 4 heteroatoms. The van der Waals surface area contributed by atoms with Gasteiger partial charge in [-0.3, -0.25) is 4.79 Å². The normalized spacial score (nSPS) is 10.2. The highest BCUT2D eigenvalue weighted by Gasteiger charge is 2.11. The van der Waals surface area contributed by atoms with Crippen LogP contribution in [0.4, 0.5) is 5.69 Å². The highest BCUT2D eigenvalue weighted by atomic mass is 35.5. The largest absolute Gasteiger partial charge is 0.387 e. The highest BCUT2D eigenvalue weighted by Crippen LogP contribution is 2.20. The van der Waals surface area contributed by atoms with Gasteiger partial charge >= 0.3 is 0 Å². The van der Waals surface area contributed by atoms with E-state index in [1.54, 1.807) is 25.2 Å². The number of carbonyl (C=O) groups is 1. The van der Waals surface area contributed by atoms with Crippen molar-refractivity contribution in [3.05, 3.63) is 64.2 Å². The number of anilines is 1. The molecule has 3 nitrogen and oxygen atoms in total. The van der Waals surface area contributed by atoms with Crippen molar-refractivity contribution in [1.82, 2.24) is 5.32 Å². The van der Waals surface area contributed by atoms with Gasteiger partial charge in [-0.15, -0.1) is 0 Å². The van der Waals surface area contributed by atoms with Gasteiger partial charge in [0.1, 0.15) is 0 Å². The van der Waals surface area contributed by atoms with Gasteiger partial charge in [-0.25, -0.2) is 0 Å². The third-order valence-corrected chi connectivity index (χ3v) is 3.67. The molecule has 0 aliphatic heterocycles. The van der Waals surface area contributed by atoms with Gasteiger partial charge in [0.25, 0.3) is 5.91 Å². The lowest BCUT2D eigenvalue weighted by Crippen LogP contribution is -2.26. The molecule has 2 rings (SSSR count). The average Bonchev–Trinajstić information content (AvgIpc) is 2.49. The smallest absolute Gasteiger partial charge is 0.253 e. The van der Waals surface area contributed by atoms with Crippen LogP contribution in [0.5, 0.6) is 0 Å². The Morgan fingerprint density at radius 1 is 1.19 bits per heavy atom. The van der Waals surface area contributed by atoms with E-state index in [9.17, 15) is 4.79 Å². The van der Waals surface area contributed by atoms with E-state index in [1.807, 2.05) is 12.1 Å². The zero-order valence-corrected chi connectivity index (χ0v) is 13.0. The number of nitrogens with one attached hydrogen (secondary N) is 2. The summed E-state index contributed by atoms with van der Waals surface area (Å²) in [7, 11) is 1.79. The fourth-order valence-electron chi connectivity index (χ4n) is 2.22. The van der Waals surface area contributed by atoms with Crippen LogP contribution in [-0.4, -0.2) is 19.5 Å². The monoisotopic (exact) mass is 302 g/mol. The predicted octanol–water partition coefficient (Wildman–Crippen LogP) is 3.66. The summed E-state index contributed by atoms with van der Waals surface area (Å²) < 4.78 is 0. The third kappa shape index (κ3) is 3.99. The van der Waals surface area contributed by atoms with E-state index in [0.29, 0.717) is 17.1 Å². The molecule has 0 radical (unpaired) electrons. The van der Waals surface area contributed by atoms with Crippen LogP contribution in [0.25, 0.3) is 0 Å². The number of benzene rings is 2. The van der Waals surface area contributed by atoms with E-state index < -0.39 is 0 Å². The molecule has 0 aliphatic rings. The lowest BCUT2D eigenvalue weighted by Gasteiger charge is -2.11. The molecule has 0 saturated carbocycles. The quantitative estimate of drug-likeness (QED) is 0.885. The van der Waals surface area contributed by atoms with Crippen LogP contribution < -0.4 is 10.6 Å². The van der Waals surface area contributed by atoms with E-state index >= 15 is 0 Å². The van der Waals surface area contributed by atoms with Crippen LogP contribution in [0.1, 0.15) is 21.5 Å². The van der Waals surface area contributed by atoms with E-state index in [4.69, 9.17) is 11.6 Å². The second-order valence-electron chi connectivity index (χ2n) is 4.87. The average molecular weight is 303 g/mol. The Labute approximate surface area is 130 Å². The summed E-state index contributed by atoms with van der Waals surface area (Å²) >= 11 is 5.96. The first-order valence-electron chi connectivity index (χ1n) is 6.92. The highest BCUT2D eigenvalue weighted by molar-refractivity contribution is 6.31. The van der Waals surface area contributed by atoms with Crippen molar-refractivity contribution in [3.63, 3.8) is 0 Å². The number of carbonyl (C=O) groups excluding carboxylic acids is 1. The molecular formula is C17H19ClN2O. The van der Waals surface area contributed by atoms with Gasteiger partial charge in [-0.2, -0.15) is 0 Å². The Kier molecular flexibility index (Phi) is 5.23. The number of amides is 1. The van der Waals surface area contributed by atoms with Crippen LogP contribution in [0.3, 0.4) is 0 Å². The molecule has 2 N–H and O–H groups in total. The Bertz CT molecular complexity index is 640. The number of aryl methyl sites for hydroxylation is 1. The Balaban J connectivity index is 1.99. The second kappa shape index (κ2) is 7.14. The van der Waals surface area contributed by atoms with Gasteiger partial charge in [0.2, 0.25) is 0 Å². The first kappa shape index (κ1) is 15.4. The van der Waals surface area contributed by atoms with Crippen LogP contribution in [0.15, 0.2) is 42.5 Å². The van der Waals surface area contributed by atoms with Crippen LogP contribution in [-0.2, 0) is 6.42 Å². The molecule has 0 aromatic heterocycles. The van der Waals surface area contributed by atoms with Crippen molar-refractivity contribution >= 4 is 23.2 Å². The molecule has 0 spiro atoms. The maximum Gasteiger partial charge on any atom is 0.253 e. The first-order chi connectivity index (χ1) is 10.1. The minimum absolute atomic E-state index is 0.115. The number of halogens is 1. The molecule has 2 aromatic carbocycles. The Morgan fingerprint density at radius 3 is 2.67 bits per heavy atom. The summed E-state index contributed by atoms with van der Waals surface area (Å²) in [4.78, 5) is 12.2. The Hall–Kier alpha value is -2.00. The van der Waals surface area contributed by atoms with Gasteiger partial charge in [0, 0.05) is 24.3 Å². The molecule has 2 aromatic rings. The minimum Gasteiger partial charge on any atom is -0.387 e. The predicted molar refractivity (Wildman–Crippen MR) is 88.2 cm³/mol. The van der Waals surface area contributed by atoms with E-state index in [2.05, 4.69) is 29.7 Å². The van der Waals surface area contributed by atoms with Crippen molar-refractivity contribution in [2.75, 3.05) is 18.9 Å². The summed E-state index contributed by atoms with van der Waals surface area (Å²) in [6.07, 6.45) is 0.813.